The molecule has 0 atom stereocenters. The Bertz CT molecular complexity index is 561. The molecular weight excluding hydrogens is 273 g/mol. The molecule has 1 aliphatic rings. The van der Waals surface area contributed by atoms with Gasteiger partial charge in [-0.3, -0.25) is 4.79 Å². The SMILES string of the molecule is CC(C)(C)OC(=O)Cc1cc(F)cnc1C1=CCCCO1. The molecule has 0 spiro atoms. The van der Waals surface area contributed by atoms with Crippen molar-refractivity contribution in [1.82, 2.24) is 4.98 Å². The summed E-state index contributed by atoms with van der Waals surface area (Å²) in [5.74, 6) is -0.277. The molecule has 0 unspecified atom stereocenters. The molecule has 21 heavy (non-hydrogen) atoms. The van der Waals surface area contributed by atoms with E-state index in [4.69, 9.17) is 9.47 Å². The lowest BCUT2D eigenvalue weighted by Gasteiger charge is -2.20. The number of halogens is 1. The molecular formula is C16H20FNO3. The van der Waals surface area contributed by atoms with Gasteiger partial charge < -0.3 is 9.47 Å². The lowest BCUT2D eigenvalue weighted by atomic mass is 10.1. The minimum atomic E-state index is -0.571. The van der Waals surface area contributed by atoms with Gasteiger partial charge in [-0.05, 0) is 51.3 Å². The number of aromatic nitrogens is 1. The van der Waals surface area contributed by atoms with Gasteiger partial charge in [0, 0.05) is 0 Å². The van der Waals surface area contributed by atoms with E-state index < -0.39 is 17.4 Å². The summed E-state index contributed by atoms with van der Waals surface area (Å²) in [6.07, 6.45) is 4.86. The summed E-state index contributed by atoms with van der Waals surface area (Å²) >= 11 is 0. The average Bonchev–Trinajstić information content (AvgIpc) is 2.37. The summed E-state index contributed by atoms with van der Waals surface area (Å²) in [4.78, 5) is 16.0. The fourth-order valence-corrected chi connectivity index (χ4v) is 2.09. The van der Waals surface area contributed by atoms with Crippen molar-refractivity contribution < 1.29 is 18.7 Å². The van der Waals surface area contributed by atoms with Gasteiger partial charge in [-0.15, -0.1) is 0 Å². The van der Waals surface area contributed by atoms with E-state index in [1.165, 1.54) is 6.07 Å². The van der Waals surface area contributed by atoms with E-state index in [1.54, 1.807) is 20.8 Å². The second-order valence-electron chi connectivity index (χ2n) is 5.98. The molecule has 1 aromatic rings. The third kappa shape index (κ3) is 4.55. The van der Waals surface area contributed by atoms with Crippen molar-refractivity contribution in [2.75, 3.05) is 6.61 Å². The van der Waals surface area contributed by atoms with E-state index in [0.29, 0.717) is 23.6 Å². The van der Waals surface area contributed by atoms with Crippen molar-refractivity contribution in [2.45, 2.75) is 45.6 Å². The lowest BCUT2D eigenvalue weighted by Crippen LogP contribution is -2.25. The highest BCUT2D eigenvalue weighted by Gasteiger charge is 2.21. The first-order chi connectivity index (χ1) is 9.85. The van der Waals surface area contributed by atoms with Crippen molar-refractivity contribution in [1.29, 1.82) is 0 Å². The number of carbonyl (C=O) groups is 1. The number of pyridine rings is 1. The van der Waals surface area contributed by atoms with Gasteiger partial charge in [0.15, 0.2) is 0 Å². The summed E-state index contributed by atoms with van der Waals surface area (Å²) < 4.78 is 24.3. The quantitative estimate of drug-likeness (QED) is 0.803. The smallest absolute Gasteiger partial charge is 0.310 e. The summed E-state index contributed by atoms with van der Waals surface area (Å²) in [5, 5.41) is 0. The highest BCUT2D eigenvalue weighted by Crippen LogP contribution is 2.24. The fraction of sp³-hybridized carbons (Fsp3) is 0.500. The molecule has 0 amide bonds. The van der Waals surface area contributed by atoms with Crippen molar-refractivity contribution in [3.05, 3.63) is 35.4 Å². The standard InChI is InChI=1S/C16H20FNO3/c1-16(2,3)21-14(19)9-11-8-12(17)10-18-15(11)13-6-4-5-7-20-13/h6,8,10H,4-5,7,9H2,1-3H3. The van der Waals surface area contributed by atoms with E-state index in [9.17, 15) is 9.18 Å². The molecule has 0 radical (unpaired) electrons. The Morgan fingerprint density at radius 2 is 2.24 bits per heavy atom. The average molecular weight is 293 g/mol. The van der Waals surface area contributed by atoms with Gasteiger partial charge in [-0.25, -0.2) is 9.37 Å². The molecule has 0 fully saturated rings. The van der Waals surface area contributed by atoms with Crippen molar-refractivity contribution in [2.24, 2.45) is 0 Å². The maximum Gasteiger partial charge on any atom is 0.310 e. The third-order valence-corrected chi connectivity index (χ3v) is 2.86. The van der Waals surface area contributed by atoms with Crippen LogP contribution in [0.4, 0.5) is 4.39 Å². The van der Waals surface area contributed by atoms with E-state index >= 15 is 0 Å². The van der Waals surface area contributed by atoms with Crippen LogP contribution in [0.2, 0.25) is 0 Å². The van der Waals surface area contributed by atoms with Crippen LogP contribution in [0, 0.1) is 5.82 Å². The van der Waals surface area contributed by atoms with Crippen molar-refractivity contribution in [3.63, 3.8) is 0 Å². The van der Waals surface area contributed by atoms with Gasteiger partial charge in [0.2, 0.25) is 0 Å². The Balaban J connectivity index is 2.23. The van der Waals surface area contributed by atoms with Crippen LogP contribution in [-0.2, 0) is 20.7 Å². The molecule has 1 aliphatic heterocycles. The van der Waals surface area contributed by atoms with E-state index in [-0.39, 0.29) is 6.42 Å². The summed E-state index contributed by atoms with van der Waals surface area (Å²) in [7, 11) is 0. The number of esters is 1. The van der Waals surface area contributed by atoms with Gasteiger partial charge in [0.25, 0.3) is 0 Å². The van der Waals surface area contributed by atoms with Crippen LogP contribution in [-0.4, -0.2) is 23.2 Å². The van der Waals surface area contributed by atoms with Gasteiger partial charge in [0.1, 0.15) is 22.9 Å². The number of hydrogen-bond donors (Lipinski definition) is 0. The van der Waals surface area contributed by atoms with Gasteiger partial charge >= 0.3 is 5.97 Å². The van der Waals surface area contributed by atoms with Crippen LogP contribution in [0.5, 0.6) is 0 Å². The Labute approximate surface area is 124 Å². The molecule has 1 aromatic heterocycles. The normalized spacial score (nSPS) is 15.1. The minimum absolute atomic E-state index is 0.0297. The molecule has 0 aliphatic carbocycles. The third-order valence-electron chi connectivity index (χ3n) is 2.86. The minimum Gasteiger partial charge on any atom is -0.492 e. The van der Waals surface area contributed by atoms with Crippen LogP contribution >= 0.6 is 0 Å². The molecule has 2 rings (SSSR count). The maximum atomic E-state index is 13.4. The second-order valence-corrected chi connectivity index (χ2v) is 5.98. The first-order valence-corrected chi connectivity index (χ1v) is 7.05. The van der Waals surface area contributed by atoms with E-state index in [1.807, 2.05) is 6.08 Å². The Kier molecular flexibility index (Phi) is 4.60. The molecule has 0 N–H and O–H groups in total. The summed E-state index contributed by atoms with van der Waals surface area (Å²) in [5.41, 5.74) is 0.429. The predicted molar refractivity (Wildman–Crippen MR) is 76.9 cm³/mol. The monoisotopic (exact) mass is 293 g/mol. The zero-order chi connectivity index (χ0) is 15.5. The van der Waals surface area contributed by atoms with Gasteiger partial charge in [-0.1, -0.05) is 0 Å². The predicted octanol–water partition coefficient (Wildman–Crippen LogP) is 3.26. The molecule has 4 nitrogen and oxygen atoms in total. The molecule has 5 heteroatoms. The second kappa shape index (κ2) is 6.24. The van der Waals surface area contributed by atoms with Crippen LogP contribution in [0.1, 0.15) is 44.9 Å². The van der Waals surface area contributed by atoms with Crippen LogP contribution in [0.3, 0.4) is 0 Å². The Morgan fingerprint density at radius 3 is 2.86 bits per heavy atom. The molecule has 0 saturated carbocycles. The highest BCUT2D eigenvalue weighted by molar-refractivity contribution is 5.75. The van der Waals surface area contributed by atoms with Crippen molar-refractivity contribution in [3.8, 4) is 0 Å². The van der Waals surface area contributed by atoms with Gasteiger partial charge in [-0.2, -0.15) is 0 Å². The number of ether oxygens (including phenoxy) is 2. The van der Waals surface area contributed by atoms with Crippen LogP contribution < -0.4 is 0 Å². The van der Waals surface area contributed by atoms with Crippen LogP contribution in [0.25, 0.3) is 5.76 Å². The number of nitrogens with zero attached hydrogens (tertiary/aromatic N) is 1. The number of hydrogen-bond acceptors (Lipinski definition) is 4. The first-order valence-electron chi connectivity index (χ1n) is 7.05. The number of rotatable bonds is 3. The molecule has 0 bridgehead atoms. The largest absolute Gasteiger partial charge is 0.492 e. The highest BCUT2D eigenvalue weighted by atomic mass is 19.1. The first kappa shape index (κ1) is 15.5. The number of carbonyl (C=O) groups excluding carboxylic acids is 1. The Morgan fingerprint density at radius 1 is 1.48 bits per heavy atom. The van der Waals surface area contributed by atoms with Gasteiger partial charge in [0.05, 0.1) is 19.2 Å². The fourth-order valence-electron chi connectivity index (χ4n) is 2.09. The summed E-state index contributed by atoms with van der Waals surface area (Å²) in [6.45, 7) is 5.99. The zero-order valence-corrected chi connectivity index (χ0v) is 12.6. The molecule has 2 heterocycles. The molecule has 0 saturated heterocycles. The van der Waals surface area contributed by atoms with Crippen molar-refractivity contribution >= 4 is 11.7 Å². The number of allylic oxidation sites excluding steroid dienone is 1. The lowest BCUT2D eigenvalue weighted by molar-refractivity contribution is -0.153. The maximum absolute atomic E-state index is 13.4. The molecule has 0 aromatic carbocycles. The zero-order valence-electron chi connectivity index (χ0n) is 12.6. The Hall–Kier alpha value is -1.91. The van der Waals surface area contributed by atoms with E-state index in [2.05, 4.69) is 4.98 Å². The summed E-state index contributed by atoms with van der Waals surface area (Å²) in [6, 6.07) is 1.31. The van der Waals surface area contributed by atoms with Crippen LogP contribution in [0.15, 0.2) is 18.3 Å². The molecule has 114 valence electrons. The van der Waals surface area contributed by atoms with E-state index in [0.717, 1.165) is 19.0 Å². The topological polar surface area (TPSA) is 48.4 Å².